The fraction of sp³-hybridized carbons (Fsp3) is 0.333. The second-order valence-electron chi connectivity index (χ2n) is 5.11. The van der Waals surface area contributed by atoms with Crippen LogP contribution in [0, 0.1) is 6.92 Å². The van der Waals surface area contributed by atoms with Crippen LogP contribution in [0.5, 0.6) is 0 Å². The quantitative estimate of drug-likeness (QED) is 0.922. The molecule has 4 nitrogen and oxygen atoms in total. The second-order valence-corrected chi connectivity index (χ2v) is 6.11. The molecule has 0 aliphatic carbocycles. The maximum absolute atomic E-state index is 11.1. The summed E-state index contributed by atoms with van der Waals surface area (Å²) in [5, 5.41) is 9.90. The number of hydrogen-bond donors (Lipinski definition) is 1. The van der Waals surface area contributed by atoms with Gasteiger partial charge in [-0.1, -0.05) is 0 Å². The van der Waals surface area contributed by atoms with Crippen molar-refractivity contribution in [3.8, 4) is 10.6 Å². The van der Waals surface area contributed by atoms with Gasteiger partial charge in [0.15, 0.2) is 0 Å². The molecule has 104 valence electrons. The van der Waals surface area contributed by atoms with Gasteiger partial charge in [-0.3, -0.25) is 0 Å². The van der Waals surface area contributed by atoms with E-state index in [1.54, 1.807) is 6.92 Å². The second kappa shape index (κ2) is 4.90. The van der Waals surface area contributed by atoms with Crippen molar-refractivity contribution in [2.24, 2.45) is 0 Å². The minimum Gasteiger partial charge on any atom is -0.477 e. The number of anilines is 1. The topological polar surface area (TPSA) is 53.4 Å². The van der Waals surface area contributed by atoms with Crippen LogP contribution in [0.15, 0.2) is 18.2 Å². The Bertz CT molecular complexity index is 679. The van der Waals surface area contributed by atoms with E-state index in [0.717, 1.165) is 30.0 Å². The third-order valence-corrected chi connectivity index (χ3v) is 4.86. The molecule has 0 radical (unpaired) electrons. The number of hydrogen-bond acceptors (Lipinski definition) is 4. The summed E-state index contributed by atoms with van der Waals surface area (Å²) < 4.78 is 0. The number of nitrogens with zero attached hydrogens (tertiary/aromatic N) is 2. The fourth-order valence-corrected chi connectivity index (χ4v) is 3.54. The zero-order chi connectivity index (χ0) is 14.3. The van der Waals surface area contributed by atoms with E-state index in [0.29, 0.717) is 10.6 Å². The van der Waals surface area contributed by atoms with Crippen LogP contribution in [0.3, 0.4) is 0 Å². The Morgan fingerprint density at radius 2 is 2.25 bits per heavy atom. The van der Waals surface area contributed by atoms with Gasteiger partial charge in [-0.25, -0.2) is 9.78 Å². The first-order valence-corrected chi connectivity index (χ1v) is 7.43. The standard InChI is InChI=1S/C15H16N2O2S/c1-9-13(15(18)19)20-14(16-9)11-5-6-12-10(8-11)4-3-7-17(12)2/h5-6,8H,3-4,7H2,1-2H3,(H,18,19). The van der Waals surface area contributed by atoms with Gasteiger partial charge in [-0.05, 0) is 43.5 Å². The van der Waals surface area contributed by atoms with E-state index in [1.807, 2.05) is 6.07 Å². The van der Waals surface area contributed by atoms with E-state index in [9.17, 15) is 4.79 Å². The zero-order valence-corrected chi connectivity index (χ0v) is 12.3. The molecular weight excluding hydrogens is 272 g/mol. The molecule has 0 fully saturated rings. The van der Waals surface area contributed by atoms with E-state index in [1.165, 1.54) is 22.6 Å². The number of aromatic nitrogens is 1. The Kier molecular flexibility index (Phi) is 3.22. The van der Waals surface area contributed by atoms with E-state index in [4.69, 9.17) is 5.11 Å². The number of carboxylic acid groups (broad SMARTS) is 1. The summed E-state index contributed by atoms with van der Waals surface area (Å²) in [5.74, 6) is -0.899. The molecule has 0 unspecified atom stereocenters. The Labute approximate surface area is 121 Å². The molecule has 1 aliphatic rings. The highest BCUT2D eigenvalue weighted by molar-refractivity contribution is 7.17. The van der Waals surface area contributed by atoms with Crippen molar-refractivity contribution in [3.63, 3.8) is 0 Å². The minimum atomic E-state index is -0.899. The van der Waals surface area contributed by atoms with E-state index < -0.39 is 5.97 Å². The van der Waals surface area contributed by atoms with Crippen LogP contribution in [-0.2, 0) is 6.42 Å². The molecule has 5 heteroatoms. The van der Waals surface area contributed by atoms with Gasteiger partial charge in [0.25, 0.3) is 0 Å². The summed E-state index contributed by atoms with van der Waals surface area (Å²) in [5.41, 5.74) is 4.19. The summed E-state index contributed by atoms with van der Waals surface area (Å²) >= 11 is 1.25. The average molecular weight is 288 g/mol. The van der Waals surface area contributed by atoms with E-state index in [-0.39, 0.29) is 0 Å². The summed E-state index contributed by atoms with van der Waals surface area (Å²) in [4.78, 5) is 18.1. The largest absolute Gasteiger partial charge is 0.477 e. The van der Waals surface area contributed by atoms with Gasteiger partial charge >= 0.3 is 5.97 Å². The molecule has 0 saturated heterocycles. The number of fused-ring (bicyclic) bond motifs is 1. The average Bonchev–Trinajstić information content (AvgIpc) is 2.81. The van der Waals surface area contributed by atoms with Crippen molar-refractivity contribution in [2.75, 3.05) is 18.5 Å². The van der Waals surface area contributed by atoms with Crippen LogP contribution in [0.1, 0.15) is 27.3 Å². The lowest BCUT2D eigenvalue weighted by Crippen LogP contribution is -2.24. The Hall–Kier alpha value is -1.88. The maximum Gasteiger partial charge on any atom is 0.347 e. The zero-order valence-electron chi connectivity index (χ0n) is 11.5. The lowest BCUT2D eigenvalue weighted by Gasteiger charge is -2.27. The van der Waals surface area contributed by atoms with E-state index >= 15 is 0 Å². The summed E-state index contributed by atoms with van der Waals surface area (Å²) in [6.07, 6.45) is 2.23. The molecule has 0 saturated carbocycles. The number of aromatic carboxylic acids is 1. The molecule has 2 aromatic rings. The van der Waals surface area contributed by atoms with Gasteiger partial charge in [0.1, 0.15) is 9.88 Å². The van der Waals surface area contributed by atoms with Crippen LogP contribution in [0.2, 0.25) is 0 Å². The molecule has 1 aliphatic heterocycles. The smallest absolute Gasteiger partial charge is 0.347 e. The van der Waals surface area contributed by atoms with E-state index in [2.05, 4.69) is 29.1 Å². The lowest BCUT2D eigenvalue weighted by molar-refractivity contribution is 0.0701. The Morgan fingerprint density at radius 3 is 2.95 bits per heavy atom. The van der Waals surface area contributed by atoms with Gasteiger partial charge in [-0.15, -0.1) is 11.3 Å². The monoisotopic (exact) mass is 288 g/mol. The fourth-order valence-electron chi connectivity index (χ4n) is 2.64. The molecule has 0 bridgehead atoms. The molecule has 20 heavy (non-hydrogen) atoms. The van der Waals surface area contributed by atoms with Crippen LogP contribution >= 0.6 is 11.3 Å². The minimum absolute atomic E-state index is 0.329. The SMILES string of the molecule is Cc1nc(-c2ccc3c(c2)CCCN3C)sc1C(=O)O. The Balaban J connectivity index is 2.03. The molecular formula is C15H16N2O2S. The summed E-state index contributed by atoms with van der Waals surface area (Å²) in [6, 6.07) is 6.29. The number of aryl methyl sites for hydroxylation is 2. The third-order valence-electron chi connectivity index (χ3n) is 3.67. The van der Waals surface area contributed by atoms with Crippen LogP contribution in [0.4, 0.5) is 5.69 Å². The first-order valence-electron chi connectivity index (χ1n) is 6.61. The van der Waals surface area contributed by atoms with Crippen molar-refractivity contribution in [3.05, 3.63) is 34.3 Å². The maximum atomic E-state index is 11.1. The normalized spacial score (nSPS) is 14.2. The van der Waals surface area contributed by atoms with Gasteiger partial charge in [-0.2, -0.15) is 0 Å². The summed E-state index contributed by atoms with van der Waals surface area (Å²) in [7, 11) is 2.10. The van der Waals surface area contributed by atoms with Gasteiger partial charge in [0.2, 0.25) is 0 Å². The molecule has 1 aromatic carbocycles. The van der Waals surface area contributed by atoms with Crippen LogP contribution in [-0.4, -0.2) is 29.7 Å². The predicted molar refractivity (Wildman–Crippen MR) is 80.8 cm³/mol. The highest BCUT2D eigenvalue weighted by atomic mass is 32.1. The first kappa shape index (κ1) is 13.1. The van der Waals surface area contributed by atoms with Crippen LogP contribution < -0.4 is 4.90 Å². The first-order chi connectivity index (χ1) is 9.56. The number of thiazole rings is 1. The summed E-state index contributed by atoms with van der Waals surface area (Å²) in [6.45, 7) is 2.83. The molecule has 0 amide bonds. The molecule has 2 heterocycles. The van der Waals surface area contributed by atoms with Crippen molar-refractivity contribution >= 4 is 23.0 Å². The van der Waals surface area contributed by atoms with Gasteiger partial charge in [0, 0.05) is 24.8 Å². The highest BCUT2D eigenvalue weighted by Gasteiger charge is 2.18. The number of rotatable bonds is 2. The Morgan fingerprint density at radius 1 is 1.45 bits per heavy atom. The molecule has 1 aromatic heterocycles. The molecule has 0 atom stereocenters. The molecule has 3 rings (SSSR count). The van der Waals surface area contributed by atoms with Crippen molar-refractivity contribution in [1.29, 1.82) is 0 Å². The number of benzene rings is 1. The van der Waals surface area contributed by atoms with Crippen molar-refractivity contribution < 1.29 is 9.90 Å². The molecule has 1 N–H and O–H groups in total. The van der Waals surface area contributed by atoms with Gasteiger partial charge in [0.05, 0.1) is 5.69 Å². The van der Waals surface area contributed by atoms with Gasteiger partial charge < -0.3 is 10.0 Å². The highest BCUT2D eigenvalue weighted by Crippen LogP contribution is 2.33. The van der Waals surface area contributed by atoms with Crippen molar-refractivity contribution in [2.45, 2.75) is 19.8 Å². The number of carbonyl (C=O) groups is 1. The lowest BCUT2D eigenvalue weighted by atomic mass is 10.00. The predicted octanol–water partition coefficient (Wildman–Crippen LogP) is 3.20. The van der Waals surface area contributed by atoms with Crippen molar-refractivity contribution in [1.82, 2.24) is 4.98 Å². The molecule has 0 spiro atoms. The van der Waals surface area contributed by atoms with Crippen LogP contribution in [0.25, 0.3) is 10.6 Å². The number of carboxylic acids is 1. The third kappa shape index (κ3) is 2.18.